The average molecular weight is 424 g/mol. The van der Waals surface area contributed by atoms with Gasteiger partial charge >= 0.3 is 5.97 Å². The van der Waals surface area contributed by atoms with Gasteiger partial charge in [-0.1, -0.05) is 18.2 Å². The van der Waals surface area contributed by atoms with Crippen molar-refractivity contribution in [3.63, 3.8) is 0 Å². The van der Waals surface area contributed by atoms with Gasteiger partial charge in [-0.2, -0.15) is 0 Å². The molecule has 1 aromatic heterocycles. The van der Waals surface area contributed by atoms with Crippen LogP contribution in [0.4, 0.5) is 5.69 Å². The first-order valence-electron chi connectivity index (χ1n) is 9.73. The molecule has 0 radical (unpaired) electrons. The second-order valence-corrected chi connectivity index (χ2v) is 7.80. The van der Waals surface area contributed by atoms with Crippen LogP contribution < -0.4 is 4.74 Å². The van der Waals surface area contributed by atoms with Crippen molar-refractivity contribution in [2.24, 2.45) is 0 Å². The van der Waals surface area contributed by atoms with Crippen LogP contribution in [0.15, 0.2) is 48.5 Å². The summed E-state index contributed by atoms with van der Waals surface area (Å²) < 4.78 is 25.0. The zero-order valence-corrected chi connectivity index (χ0v) is 17.1. The summed E-state index contributed by atoms with van der Waals surface area (Å²) in [6, 6.07) is 13.2. The maximum absolute atomic E-state index is 13.0. The number of aromatic nitrogens is 1. The van der Waals surface area contributed by atoms with Crippen molar-refractivity contribution < 1.29 is 28.7 Å². The van der Waals surface area contributed by atoms with Gasteiger partial charge in [0, 0.05) is 42.8 Å². The van der Waals surface area contributed by atoms with Gasteiger partial charge in [0.2, 0.25) is 6.29 Å². The zero-order valence-electron chi connectivity index (χ0n) is 17.1. The Labute approximate surface area is 177 Å². The van der Waals surface area contributed by atoms with Crippen molar-refractivity contribution in [2.45, 2.75) is 31.0 Å². The van der Waals surface area contributed by atoms with Crippen LogP contribution >= 0.6 is 0 Å². The number of hydrogen-bond acceptors (Lipinski definition) is 7. The fourth-order valence-corrected chi connectivity index (χ4v) is 4.76. The van der Waals surface area contributed by atoms with Crippen molar-refractivity contribution in [1.82, 2.24) is 4.57 Å². The number of nitro groups is 1. The molecule has 0 N–H and O–H groups in total. The molecular weight excluding hydrogens is 404 g/mol. The van der Waals surface area contributed by atoms with Crippen molar-refractivity contribution in [3.8, 4) is 5.75 Å². The lowest BCUT2D eigenvalue weighted by molar-refractivity contribution is -0.385. The van der Waals surface area contributed by atoms with Crippen LogP contribution in [0, 0.1) is 10.1 Å². The lowest BCUT2D eigenvalue weighted by Gasteiger charge is -2.50. The molecule has 2 aliphatic rings. The number of methoxy groups -OCH3 is 2. The highest BCUT2D eigenvalue weighted by Gasteiger charge is 2.58. The van der Waals surface area contributed by atoms with Crippen LogP contribution in [0.25, 0.3) is 10.9 Å². The molecule has 9 nitrogen and oxygen atoms in total. The number of hydrogen-bond donors (Lipinski definition) is 0. The minimum atomic E-state index is -1.21. The molecule has 5 rings (SSSR count). The van der Waals surface area contributed by atoms with Crippen LogP contribution in [-0.2, 0) is 14.2 Å². The number of para-hydroxylation sites is 1. The molecular formula is C22H20N2O7. The fraction of sp³-hybridized carbons (Fsp3) is 0.318. The first-order chi connectivity index (χ1) is 14.9. The summed E-state index contributed by atoms with van der Waals surface area (Å²) in [4.78, 5) is 24.0. The van der Waals surface area contributed by atoms with Gasteiger partial charge in [0.05, 0.1) is 4.92 Å². The number of esters is 1. The van der Waals surface area contributed by atoms with Crippen LogP contribution in [0.2, 0.25) is 0 Å². The Morgan fingerprint density at radius 1 is 1.16 bits per heavy atom. The molecule has 0 saturated heterocycles. The third kappa shape index (κ3) is 2.67. The quantitative estimate of drug-likeness (QED) is 0.274. The van der Waals surface area contributed by atoms with Crippen LogP contribution in [0.5, 0.6) is 5.75 Å². The molecule has 0 saturated carbocycles. The Morgan fingerprint density at radius 3 is 2.61 bits per heavy atom. The predicted molar refractivity (Wildman–Crippen MR) is 109 cm³/mol. The molecule has 2 aliphatic heterocycles. The molecule has 3 heterocycles. The number of nitrogens with zero attached hydrogens (tertiary/aromatic N) is 2. The maximum atomic E-state index is 13.0. The molecule has 9 heteroatoms. The molecule has 0 fully saturated rings. The lowest BCUT2D eigenvalue weighted by Crippen LogP contribution is -2.63. The highest BCUT2D eigenvalue weighted by molar-refractivity contribution is 5.97. The van der Waals surface area contributed by atoms with Gasteiger partial charge in [-0.05, 0) is 25.1 Å². The number of fused-ring (bicyclic) bond motifs is 7. The Bertz CT molecular complexity index is 1220. The molecule has 3 atom stereocenters. The van der Waals surface area contributed by atoms with Crippen LogP contribution in [0.3, 0.4) is 0 Å². The van der Waals surface area contributed by atoms with Gasteiger partial charge in [-0.25, -0.2) is 4.79 Å². The Hall–Kier alpha value is -3.43. The second-order valence-electron chi connectivity index (χ2n) is 7.80. The van der Waals surface area contributed by atoms with Gasteiger partial charge < -0.3 is 23.5 Å². The average Bonchev–Trinajstić information content (AvgIpc) is 3.15. The minimum Gasteiger partial charge on any atom is -0.478 e. The molecule has 2 aromatic carbocycles. The monoisotopic (exact) mass is 424 g/mol. The van der Waals surface area contributed by atoms with E-state index in [2.05, 4.69) is 0 Å². The lowest BCUT2D eigenvalue weighted by atomic mass is 9.83. The van der Waals surface area contributed by atoms with E-state index in [4.69, 9.17) is 18.9 Å². The first kappa shape index (κ1) is 19.5. The molecule has 160 valence electrons. The van der Waals surface area contributed by atoms with Crippen LogP contribution in [0.1, 0.15) is 29.0 Å². The van der Waals surface area contributed by atoms with E-state index in [1.807, 2.05) is 28.8 Å². The van der Waals surface area contributed by atoms with E-state index < -0.39 is 34.9 Å². The van der Waals surface area contributed by atoms with E-state index in [9.17, 15) is 14.9 Å². The summed E-state index contributed by atoms with van der Waals surface area (Å²) in [6.45, 7) is 1.75. The summed E-state index contributed by atoms with van der Waals surface area (Å²) in [5.74, 6) is -0.0674. The Kier molecular flexibility index (Phi) is 4.28. The third-order valence-electron chi connectivity index (χ3n) is 6.07. The largest absolute Gasteiger partial charge is 0.478 e. The molecule has 3 aromatic rings. The SMILES string of the molecule is COC(OC)[C@@]1(C)Oc2ccc([N+](=O)[O-])cc2[C@@H]2[C@@H]1OC(=O)c1cc3ccccc3n12. The highest BCUT2D eigenvalue weighted by atomic mass is 16.7. The van der Waals surface area contributed by atoms with E-state index in [1.54, 1.807) is 19.1 Å². The minimum absolute atomic E-state index is 0.0744. The number of benzene rings is 2. The van der Waals surface area contributed by atoms with Crippen molar-refractivity contribution in [3.05, 3.63) is 69.9 Å². The number of ether oxygens (including phenoxy) is 4. The summed E-state index contributed by atoms with van der Waals surface area (Å²) in [5, 5.41) is 12.3. The number of non-ortho nitro benzene ring substituents is 1. The first-order valence-corrected chi connectivity index (χ1v) is 9.73. The molecule has 0 bridgehead atoms. The van der Waals surface area contributed by atoms with Crippen molar-refractivity contribution in [1.29, 1.82) is 0 Å². The van der Waals surface area contributed by atoms with Gasteiger partial charge in [0.25, 0.3) is 5.69 Å². The number of nitro benzene ring substituents is 1. The third-order valence-corrected chi connectivity index (χ3v) is 6.07. The van der Waals surface area contributed by atoms with Gasteiger partial charge in [0.15, 0.2) is 11.7 Å². The summed E-state index contributed by atoms with van der Waals surface area (Å²) in [6.07, 6.45) is -1.72. The summed E-state index contributed by atoms with van der Waals surface area (Å²) in [7, 11) is 2.95. The number of carbonyl (C=O) groups is 1. The van der Waals surface area contributed by atoms with Gasteiger partial charge in [-0.15, -0.1) is 0 Å². The number of rotatable bonds is 4. The molecule has 0 amide bonds. The zero-order chi connectivity index (χ0) is 21.9. The number of carbonyl (C=O) groups excluding carboxylic acids is 1. The molecule has 31 heavy (non-hydrogen) atoms. The van der Waals surface area contributed by atoms with Crippen LogP contribution in [-0.4, -0.2) is 47.7 Å². The second kappa shape index (κ2) is 6.79. The Balaban J connectivity index is 1.82. The van der Waals surface area contributed by atoms with E-state index in [0.29, 0.717) is 17.0 Å². The molecule has 0 unspecified atom stereocenters. The van der Waals surface area contributed by atoms with Crippen molar-refractivity contribution in [2.75, 3.05) is 14.2 Å². The highest BCUT2D eigenvalue weighted by Crippen LogP contribution is 2.50. The van der Waals surface area contributed by atoms with Crippen molar-refractivity contribution >= 4 is 22.6 Å². The van der Waals surface area contributed by atoms with E-state index >= 15 is 0 Å². The molecule has 0 aliphatic carbocycles. The van der Waals surface area contributed by atoms with Gasteiger partial charge in [0.1, 0.15) is 17.5 Å². The van der Waals surface area contributed by atoms with Gasteiger partial charge in [-0.3, -0.25) is 10.1 Å². The summed E-state index contributed by atoms with van der Waals surface area (Å²) >= 11 is 0. The maximum Gasteiger partial charge on any atom is 0.355 e. The van der Waals surface area contributed by atoms with E-state index in [0.717, 1.165) is 10.9 Å². The predicted octanol–water partition coefficient (Wildman–Crippen LogP) is 3.45. The standard InChI is InChI=1S/C22H20N2O7/c1-22(21(28-2)29-3)19-18(14-11-13(24(26)27)8-9-17(14)31-22)23-15-7-5-4-6-12(15)10-16(23)20(25)30-19/h4-11,18-19,21H,1-3H3/t18-,19+,22+/m1/s1. The Morgan fingerprint density at radius 2 is 1.90 bits per heavy atom. The van der Waals surface area contributed by atoms with E-state index in [-0.39, 0.29) is 5.69 Å². The topological polar surface area (TPSA) is 102 Å². The molecule has 0 spiro atoms. The normalized spacial score (nSPS) is 24.2. The smallest absolute Gasteiger partial charge is 0.355 e. The fourth-order valence-electron chi connectivity index (χ4n) is 4.76. The van der Waals surface area contributed by atoms with E-state index in [1.165, 1.54) is 26.4 Å². The summed E-state index contributed by atoms with van der Waals surface area (Å²) in [5.41, 5.74) is 0.455.